The molecule has 1 rings (SSSR count). The number of carbonyl (C=O) groups is 3. The van der Waals surface area contributed by atoms with Crippen LogP contribution in [0.2, 0.25) is 0 Å². The first-order chi connectivity index (χ1) is 13.2. The molecule has 0 heterocycles. The molecule has 1 N–H and O–H groups in total. The maximum absolute atomic E-state index is 12.3. The average molecular weight is 384 g/mol. The first-order valence-electron chi connectivity index (χ1n) is 11.1. The molecular weight excluding hydrogens is 344 g/mol. The number of unbranched alkanes of at least 4 members (excludes halogenated alkanes) is 3. The fourth-order valence-electron chi connectivity index (χ4n) is 4.02. The van der Waals surface area contributed by atoms with Crippen molar-refractivity contribution in [1.82, 2.24) is 0 Å². The summed E-state index contributed by atoms with van der Waals surface area (Å²) < 4.78 is 12.7. The highest BCUT2D eigenvalue weighted by molar-refractivity contribution is 6.33. The number of hydrogen-bond donors (Lipinski definition) is 1. The lowest BCUT2D eigenvalue weighted by Gasteiger charge is -2.23. The topological polar surface area (TPSA) is 80.7 Å². The molecule has 0 spiro atoms. The molecule has 0 aromatic rings. The van der Waals surface area contributed by atoms with E-state index in [0.29, 0.717) is 31.5 Å². The number of ketones is 2. The van der Waals surface area contributed by atoms with Gasteiger partial charge in [-0.15, -0.1) is 0 Å². The van der Waals surface area contributed by atoms with Gasteiger partial charge in [0.1, 0.15) is 5.78 Å². The van der Waals surface area contributed by atoms with E-state index in [2.05, 4.69) is 11.7 Å². The number of methoxy groups -OCH3 is 1. The molecule has 5 nitrogen and oxygen atoms in total. The summed E-state index contributed by atoms with van der Waals surface area (Å²) in [5.74, 6) is -0.789. The SMILES string of the molecule is [2H][C@@](O)(CC[C@H]1CCC(=O)[C@@H]1CCCCCC(=O)C(=O)OC)[C@H](C)CCCC. The molecule has 0 aromatic carbocycles. The van der Waals surface area contributed by atoms with Gasteiger partial charge in [0.15, 0.2) is 0 Å². The maximum Gasteiger partial charge on any atom is 0.374 e. The van der Waals surface area contributed by atoms with Gasteiger partial charge >= 0.3 is 5.97 Å². The van der Waals surface area contributed by atoms with Crippen molar-refractivity contribution < 1.29 is 25.6 Å². The van der Waals surface area contributed by atoms with E-state index >= 15 is 0 Å². The molecule has 1 aliphatic rings. The molecule has 5 heteroatoms. The van der Waals surface area contributed by atoms with Crippen molar-refractivity contribution >= 4 is 17.5 Å². The van der Waals surface area contributed by atoms with E-state index < -0.39 is 17.8 Å². The Morgan fingerprint density at radius 3 is 2.63 bits per heavy atom. The molecule has 1 fully saturated rings. The summed E-state index contributed by atoms with van der Waals surface area (Å²) in [4.78, 5) is 34.8. The van der Waals surface area contributed by atoms with Gasteiger partial charge in [0.05, 0.1) is 14.6 Å². The van der Waals surface area contributed by atoms with Crippen LogP contribution in [-0.4, -0.2) is 35.8 Å². The second-order valence-electron chi connectivity index (χ2n) is 7.96. The van der Waals surface area contributed by atoms with Crippen LogP contribution < -0.4 is 0 Å². The Labute approximate surface area is 165 Å². The van der Waals surface area contributed by atoms with Crippen molar-refractivity contribution in [1.29, 1.82) is 0 Å². The zero-order valence-corrected chi connectivity index (χ0v) is 17.3. The van der Waals surface area contributed by atoms with Crippen molar-refractivity contribution in [3.8, 4) is 0 Å². The third-order valence-corrected chi connectivity index (χ3v) is 5.91. The molecule has 27 heavy (non-hydrogen) atoms. The van der Waals surface area contributed by atoms with Crippen LogP contribution in [0.4, 0.5) is 0 Å². The first kappa shape index (κ1) is 22.1. The molecule has 0 aliphatic heterocycles. The number of Topliss-reactive ketones (excluding diaryl/α,β-unsaturated/α-hetero) is 2. The number of ether oxygens (including phenoxy) is 1. The highest BCUT2D eigenvalue weighted by Crippen LogP contribution is 2.36. The molecule has 0 amide bonds. The van der Waals surface area contributed by atoms with E-state index in [0.717, 1.165) is 44.9 Å². The maximum atomic E-state index is 12.3. The largest absolute Gasteiger partial charge is 0.463 e. The van der Waals surface area contributed by atoms with E-state index in [9.17, 15) is 19.5 Å². The summed E-state index contributed by atoms with van der Waals surface area (Å²) in [6, 6.07) is 0. The van der Waals surface area contributed by atoms with Crippen molar-refractivity contribution in [3.63, 3.8) is 0 Å². The quantitative estimate of drug-likeness (QED) is 0.276. The highest BCUT2D eigenvalue weighted by atomic mass is 16.5. The molecule has 0 saturated heterocycles. The standard InChI is InChI=1S/C22H38O5/c1-4-5-9-16(2)19(23)14-12-17-13-15-20(24)18(17)10-7-6-8-11-21(25)22(26)27-3/h16-19,23H,4-15H2,1-3H3/t16-,17+,18-,19-/m1/s1/i19D. The number of rotatable bonds is 14. The molecule has 1 saturated carbocycles. The van der Waals surface area contributed by atoms with E-state index in [1.165, 1.54) is 7.11 Å². The molecule has 0 bridgehead atoms. The normalized spacial score (nSPS) is 23.6. The van der Waals surface area contributed by atoms with Crippen molar-refractivity contribution in [3.05, 3.63) is 0 Å². The number of aliphatic hydroxyl groups is 1. The molecule has 156 valence electrons. The van der Waals surface area contributed by atoms with Gasteiger partial charge in [0.25, 0.3) is 0 Å². The fourth-order valence-corrected chi connectivity index (χ4v) is 4.02. The molecule has 1 aliphatic carbocycles. The van der Waals surface area contributed by atoms with E-state index in [1.54, 1.807) is 0 Å². The Bertz CT molecular complexity index is 517. The molecule has 0 aromatic heterocycles. The average Bonchev–Trinajstić information content (AvgIpc) is 3.02. The Morgan fingerprint density at radius 2 is 1.96 bits per heavy atom. The van der Waals surface area contributed by atoms with Gasteiger partial charge in [0, 0.05) is 18.8 Å². The molecular formula is C22H38O5. The van der Waals surface area contributed by atoms with Crippen LogP contribution in [0.25, 0.3) is 0 Å². The van der Waals surface area contributed by atoms with Crippen LogP contribution in [0.1, 0.15) is 92.3 Å². The number of hydrogen-bond acceptors (Lipinski definition) is 5. The van der Waals surface area contributed by atoms with Crippen LogP contribution >= 0.6 is 0 Å². The van der Waals surface area contributed by atoms with Gasteiger partial charge in [-0.2, -0.15) is 0 Å². The Kier molecular flexibility index (Phi) is 10.6. The Balaban J connectivity index is 2.38. The van der Waals surface area contributed by atoms with Crippen LogP contribution in [0.5, 0.6) is 0 Å². The summed E-state index contributed by atoms with van der Waals surface area (Å²) in [6.07, 6.45) is 7.35. The zero-order chi connectivity index (χ0) is 21.2. The Morgan fingerprint density at radius 1 is 1.22 bits per heavy atom. The van der Waals surface area contributed by atoms with Gasteiger partial charge in [-0.3, -0.25) is 9.59 Å². The molecule has 4 atom stereocenters. The van der Waals surface area contributed by atoms with Gasteiger partial charge in [-0.25, -0.2) is 4.79 Å². The van der Waals surface area contributed by atoms with Crippen LogP contribution in [0.3, 0.4) is 0 Å². The highest BCUT2D eigenvalue weighted by Gasteiger charge is 2.34. The molecule has 0 radical (unpaired) electrons. The zero-order valence-electron chi connectivity index (χ0n) is 18.3. The van der Waals surface area contributed by atoms with Gasteiger partial charge in [0.2, 0.25) is 5.78 Å². The lowest BCUT2D eigenvalue weighted by Crippen LogP contribution is -2.21. The van der Waals surface area contributed by atoms with Gasteiger partial charge in [-0.1, -0.05) is 39.5 Å². The smallest absolute Gasteiger partial charge is 0.374 e. The van der Waals surface area contributed by atoms with Crippen molar-refractivity contribution in [2.75, 3.05) is 7.11 Å². The second kappa shape index (κ2) is 13.0. The lowest BCUT2D eigenvalue weighted by molar-refractivity contribution is -0.151. The fraction of sp³-hybridized carbons (Fsp3) is 0.864. The van der Waals surface area contributed by atoms with Crippen LogP contribution in [-0.2, 0) is 19.1 Å². The summed E-state index contributed by atoms with van der Waals surface area (Å²) in [5, 5.41) is 10.5. The van der Waals surface area contributed by atoms with Gasteiger partial charge in [-0.05, 0) is 50.4 Å². The second-order valence-corrected chi connectivity index (χ2v) is 7.96. The predicted octanol–water partition coefficient (Wildman–Crippen LogP) is 4.24. The number of esters is 1. The van der Waals surface area contributed by atoms with Crippen molar-refractivity contribution in [2.45, 2.75) is 97.0 Å². The lowest BCUT2D eigenvalue weighted by atomic mass is 9.84. The predicted molar refractivity (Wildman–Crippen MR) is 105 cm³/mol. The minimum absolute atomic E-state index is 0.0121. The van der Waals surface area contributed by atoms with E-state index in [-0.39, 0.29) is 24.2 Å². The third kappa shape index (κ3) is 8.54. The van der Waals surface area contributed by atoms with E-state index in [4.69, 9.17) is 1.37 Å². The summed E-state index contributed by atoms with van der Waals surface area (Å²) >= 11 is 0. The minimum atomic E-state index is -1.42. The van der Waals surface area contributed by atoms with Crippen molar-refractivity contribution in [2.24, 2.45) is 17.8 Å². The third-order valence-electron chi connectivity index (χ3n) is 5.91. The monoisotopic (exact) mass is 383 g/mol. The minimum Gasteiger partial charge on any atom is -0.463 e. The number of carbonyl (C=O) groups excluding carboxylic acids is 3. The summed E-state index contributed by atoms with van der Waals surface area (Å²) in [5.41, 5.74) is 0. The first-order valence-corrected chi connectivity index (χ1v) is 10.6. The summed E-state index contributed by atoms with van der Waals surface area (Å²) in [6.45, 7) is 4.05. The Hall–Kier alpha value is -1.23. The summed E-state index contributed by atoms with van der Waals surface area (Å²) in [7, 11) is 1.20. The van der Waals surface area contributed by atoms with Crippen LogP contribution in [0, 0.1) is 17.8 Å². The van der Waals surface area contributed by atoms with E-state index in [1.807, 2.05) is 6.92 Å². The molecule has 0 unspecified atom stereocenters. The van der Waals surface area contributed by atoms with Gasteiger partial charge < -0.3 is 9.84 Å². The van der Waals surface area contributed by atoms with Crippen LogP contribution in [0.15, 0.2) is 0 Å².